The van der Waals surface area contributed by atoms with Crippen LogP contribution >= 0.6 is 0 Å². The van der Waals surface area contributed by atoms with Crippen molar-refractivity contribution >= 4 is 0 Å². The molecule has 0 aliphatic heterocycles. The van der Waals surface area contributed by atoms with Gasteiger partial charge in [0, 0.05) is 18.8 Å². The standard InChI is InChI=1S/C17H22N2O2/c1-3-11-20-15-7-5-6-8-16(15)21-17-10-9-14(13-19-17)12-18-4-2/h5-10,13,18H,3-4,11-12H2,1-2H3. The quantitative estimate of drug-likeness (QED) is 0.802. The van der Waals surface area contributed by atoms with Gasteiger partial charge in [0.2, 0.25) is 5.88 Å². The third-order valence-corrected chi connectivity index (χ3v) is 2.90. The SMILES string of the molecule is CCCOc1ccccc1Oc1ccc(CNCC)cn1. The lowest BCUT2D eigenvalue weighted by molar-refractivity contribution is 0.301. The lowest BCUT2D eigenvalue weighted by Crippen LogP contribution is -2.11. The van der Waals surface area contributed by atoms with Gasteiger partial charge in [-0.05, 0) is 30.7 Å². The fraction of sp³-hybridized carbons (Fsp3) is 0.353. The number of para-hydroxylation sites is 2. The van der Waals surface area contributed by atoms with Gasteiger partial charge < -0.3 is 14.8 Å². The Kier molecular flexibility index (Phi) is 6.03. The molecule has 1 N–H and O–H groups in total. The number of rotatable bonds is 8. The predicted octanol–water partition coefficient (Wildman–Crippen LogP) is 3.77. The molecule has 112 valence electrons. The Morgan fingerprint density at radius 2 is 1.86 bits per heavy atom. The highest BCUT2D eigenvalue weighted by Gasteiger charge is 2.06. The summed E-state index contributed by atoms with van der Waals surface area (Å²) in [5, 5.41) is 3.27. The zero-order chi connectivity index (χ0) is 14.9. The highest BCUT2D eigenvalue weighted by molar-refractivity contribution is 5.41. The summed E-state index contributed by atoms with van der Waals surface area (Å²) < 4.78 is 11.5. The minimum Gasteiger partial charge on any atom is -0.490 e. The summed E-state index contributed by atoms with van der Waals surface area (Å²) in [7, 11) is 0. The van der Waals surface area contributed by atoms with Crippen LogP contribution in [0.1, 0.15) is 25.8 Å². The fourth-order valence-electron chi connectivity index (χ4n) is 1.82. The van der Waals surface area contributed by atoms with Gasteiger partial charge in [-0.1, -0.05) is 32.0 Å². The van der Waals surface area contributed by atoms with Crippen molar-refractivity contribution in [3.8, 4) is 17.4 Å². The predicted molar refractivity (Wildman–Crippen MR) is 83.9 cm³/mol. The maximum Gasteiger partial charge on any atom is 0.219 e. The van der Waals surface area contributed by atoms with Crippen LogP contribution in [0.3, 0.4) is 0 Å². The Labute approximate surface area is 126 Å². The summed E-state index contributed by atoms with van der Waals surface area (Å²) in [6, 6.07) is 11.5. The molecular formula is C17H22N2O2. The Bertz CT molecular complexity index is 541. The van der Waals surface area contributed by atoms with Crippen molar-refractivity contribution in [1.82, 2.24) is 10.3 Å². The molecule has 0 saturated heterocycles. The second kappa shape index (κ2) is 8.27. The molecule has 0 amide bonds. The second-order valence-electron chi connectivity index (χ2n) is 4.68. The molecule has 2 rings (SSSR count). The van der Waals surface area contributed by atoms with Crippen LogP contribution in [0, 0.1) is 0 Å². The van der Waals surface area contributed by atoms with Crippen LogP contribution in [0.2, 0.25) is 0 Å². The topological polar surface area (TPSA) is 43.4 Å². The number of hydrogen-bond donors (Lipinski definition) is 1. The number of nitrogens with one attached hydrogen (secondary N) is 1. The van der Waals surface area contributed by atoms with Gasteiger partial charge in [-0.25, -0.2) is 4.98 Å². The molecule has 4 nitrogen and oxygen atoms in total. The van der Waals surface area contributed by atoms with Crippen LogP contribution in [0.5, 0.6) is 17.4 Å². The first-order valence-electron chi connectivity index (χ1n) is 7.38. The average molecular weight is 286 g/mol. The van der Waals surface area contributed by atoms with Crippen molar-refractivity contribution in [2.24, 2.45) is 0 Å². The molecule has 0 aliphatic rings. The van der Waals surface area contributed by atoms with E-state index in [1.807, 2.05) is 42.6 Å². The molecule has 0 bridgehead atoms. The van der Waals surface area contributed by atoms with E-state index in [4.69, 9.17) is 9.47 Å². The smallest absolute Gasteiger partial charge is 0.219 e. The first-order valence-corrected chi connectivity index (χ1v) is 7.38. The van der Waals surface area contributed by atoms with Gasteiger partial charge in [0.1, 0.15) is 0 Å². The van der Waals surface area contributed by atoms with Gasteiger partial charge in [0.05, 0.1) is 6.61 Å². The van der Waals surface area contributed by atoms with Gasteiger partial charge in [-0.15, -0.1) is 0 Å². The van der Waals surface area contributed by atoms with Crippen molar-refractivity contribution < 1.29 is 9.47 Å². The van der Waals surface area contributed by atoms with E-state index in [-0.39, 0.29) is 0 Å². The fourth-order valence-corrected chi connectivity index (χ4v) is 1.82. The minimum atomic E-state index is 0.572. The molecule has 4 heteroatoms. The molecular weight excluding hydrogens is 264 g/mol. The summed E-state index contributed by atoms with van der Waals surface area (Å²) in [6.07, 6.45) is 2.79. The Hall–Kier alpha value is -2.07. The molecule has 0 aliphatic carbocycles. The highest BCUT2D eigenvalue weighted by atomic mass is 16.5. The van der Waals surface area contributed by atoms with Crippen molar-refractivity contribution in [1.29, 1.82) is 0 Å². The van der Waals surface area contributed by atoms with Crippen LogP contribution in [-0.4, -0.2) is 18.1 Å². The van der Waals surface area contributed by atoms with E-state index in [2.05, 4.69) is 24.1 Å². The Morgan fingerprint density at radius 1 is 1.05 bits per heavy atom. The molecule has 0 unspecified atom stereocenters. The molecule has 0 fully saturated rings. The molecule has 1 aromatic heterocycles. The van der Waals surface area contributed by atoms with Gasteiger partial charge >= 0.3 is 0 Å². The van der Waals surface area contributed by atoms with Gasteiger partial charge in [0.15, 0.2) is 11.5 Å². The average Bonchev–Trinajstić information content (AvgIpc) is 2.53. The molecule has 0 atom stereocenters. The lowest BCUT2D eigenvalue weighted by atomic mass is 10.3. The summed E-state index contributed by atoms with van der Waals surface area (Å²) in [6.45, 7) is 6.60. The van der Waals surface area contributed by atoms with Crippen LogP contribution in [0.25, 0.3) is 0 Å². The zero-order valence-corrected chi connectivity index (χ0v) is 12.6. The maximum atomic E-state index is 5.81. The van der Waals surface area contributed by atoms with E-state index < -0.39 is 0 Å². The summed E-state index contributed by atoms with van der Waals surface area (Å²) in [4.78, 5) is 4.33. The third kappa shape index (κ3) is 4.76. The molecule has 21 heavy (non-hydrogen) atoms. The lowest BCUT2D eigenvalue weighted by Gasteiger charge is -2.11. The molecule has 1 aromatic carbocycles. The van der Waals surface area contributed by atoms with Gasteiger partial charge in [0.25, 0.3) is 0 Å². The minimum absolute atomic E-state index is 0.572. The van der Waals surface area contributed by atoms with E-state index in [1.165, 1.54) is 0 Å². The van der Waals surface area contributed by atoms with E-state index in [0.717, 1.165) is 30.8 Å². The van der Waals surface area contributed by atoms with Crippen molar-refractivity contribution in [2.45, 2.75) is 26.8 Å². The number of benzene rings is 1. The van der Waals surface area contributed by atoms with Crippen LogP contribution < -0.4 is 14.8 Å². The summed E-state index contributed by atoms with van der Waals surface area (Å²) in [5.41, 5.74) is 1.14. The third-order valence-electron chi connectivity index (χ3n) is 2.90. The van der Waals surface area contributed by atoms with E-state index >= 15 is 0 Å². The van der Waals surface area contributed by atoms with Crippen molar-refractivity contribution in [3.05, 3.63) is 48.2 Å². The summed E-state index contributed by atoms with van der Waals surface area (Å²) in [5.74, 6) is 2.01. The first kappa shape index (κ1) is 15.3. The number of aromatic nitrogens is 1. The number of ether oxygens (including phenoxy) is 2. The van der Waals surface area contributed by atoms with Crippen LogP contribution in [0.15, 0.2) is 42.6 Å². The van der Waals surface area contributed by atoms with Crippen LogP contribution in [0.4, 0.5) is 0 Å². The Balaban J connectivity index is 2.04. The van der Waals surface area contributed by atoms with Crippen molar-refractivity contribution in [2.75, 3.05) is 13.2 Å². The second-order valence-corrected chi connectivity index (χ2v) is 4.68. The molecule has 1 heterocycles. The van der Waals surface area contributed by atoms with Gasteiger partial charge in [-0.2, -0.15) is 0 Å². The van der Waals surface area contributed by atoms with Crippen molar-refractivity contribution in [3.63, 3.8) is 0 Å². The highest BCUT2D eigenvalue weighted by Crippen LogP contribution is 2.30. The molecule has 0 radical (unpaired) electrons. The maximum absolute atomic E-state index is 5.81. The largest absolute Gasteiger partial charge is 0.490 e. The number of nitrogens with zero attached hydrogens (tertiary/aromatic N) is 1. The zero-order valence-electron chi connectivity index (χ0n) is 12.6. The molecule has 2 aromatic rings. The normalized spacial score (nSPS) is 10.4. The van der Waals surface area contributed by atoms with Crippen LogP contribution in [-0.2, 0) is 6.54 Å². The van der Waals surface area contributed by atoms with E-state index in [9.17, 15) is 0 Å². The van der Waals surface area contributed by atoms with E-state index in [0.29, 0.717) is 18.2 Å². The Morgan fingerprint density at radius 3 is 2.52 bits per heavy atom. The van der Waals surface area contributed by atoms with E-state index in [1.54, 1.807) is 0 Å². The van der Waals surface area contributed by atoms with Gasteiger partial charge in [-0.3, -0.25) is 0 Å². The molecule has 0 spiro atoms. The number of pyridine rings is 1. The first-order chi connectivity index (χ1) is 10.3. The number of hydrogen-bond acceptors (Lipinski definition) is 4. The molecule has 0 saturated carbocycles. The summed E-state index contributed by atoms with van der Waals surface area (Å²) >= 11 is 0. The monoisotopic (exact) mass is 286 g/mol.